The molecule has 0 amide bonds. The van der Waals surface area contributed by atoms with Gasteiger partial charge in [-0.2, -0.15) is 0 Å². The maximum absolute atomic E-state index is 4.18. The van der Waals surface area contributed by atoms with Crippen molar-refractivity contribution in [1.29, 1.82) is 0 Å². The van der Waals surface area contributed by atoms with Crippen LogP contribution in [0.15, 0.2) is 72.5 Å². The van der Waals surface area contributed by atoms with Gasteiger partial charge in [0.15, 0.2) is 0 Å². The van der Waals surface area contributed by atoms with Gasteiger partial charge in [0, 0.05) is 53.4 Å². The number of thiophene rings is 1. The highest BCUT2D eigenvalue weighted by Crippen LogP contribution is 2.32. The van der Waals surface area contributed by atoms with Crippen LogP contribution in [0.2, 0.25) is 0 Å². The number of fused-ring (bicyclic) bond motifs is 1. The number of nitrogens with one attached hydrogen (secondary N) is 2. The summed E-state index contributed by atoms with van der Waals surface area (Å²) in [4.78, 5) is 8.97. The van der Waals surface area contributed by atoms with Crippen LogP contribution in [0.5, 0.6) is 0 Å². The van der Waals surface area contributed by atoms with E-state index < -0.39 is 0 Å². The summed E-state index contributed by atoms with van der Waals surface area (Å²) in [7, 11) is 0. The number of pyridine rings is 1. The third-order valence-electron chi connectivity index (χ3n) is 4.28. The van der Waals surface area contributed by atoms with E-state index in [1.807, 2.05) is 29.8 Å². The number of H-pyrrole nitrogens is 1. The first-order chi connectivity index (χ1) is 11.9. The minimum atomic E-state index is 0.345. The maximum atomic E-state index is 4.18. The second-order valence-corrected chi connectivity index (χ2v) is 6.83. The molecule has 0 aliphatic rings. The molecule has 3 nitrogen and oxygen atoms in total. The van der Waals surface area contributed by atoms with Gasteiger partial charge in [0.25, 0.3) is 0 Å². The molecule has 4 heteroatoms. The molecule has 1 unspecified atom stereocenters. The molecule has 0 aliphatic heterocycles. The monoisotopic (exact) mass is 333 g/mol. The average molecular weight is 333 g/mol. The highest BCUT2D eigenvalue weighted by Gasteiger charge is 2.18. The molecule has 3 aromatic heterocycles. The van der Waals surface area contributed by atoms with Gasteiger partial charge in [-0.1, -0.05) is 30.3 Å². The van der Waals surface area contributed by atoms with Crippen LogP contribution >= 0.6 is 11.3 Å². The Kier molecular flexibility index (Phi) is 4.40. The topological polar surface area (TPSA) is 40.7 Å². The van der Waals surface area contributed by atoms with Crippen LogP contribution in [-0.4, -0.2) is 16.5 Å². The SMILES string of the molecule is c1cncc(CNCC(c2cccs2)c2c[nH]c3ccccc23)c1. The number of hydrogen-bond donors (Lipinski definition) is 2. The van der Waals surface area contributed by atoms with Crippen molar-refractivity contribution in [2.75, 3.05) is 6.54 Å². The van der Waals surface area contributed by atoms with E-state index in [4.69, 9.17) is 0 Å². The molecule has 4 rings (SSSR count). The van der Waals surface area contributed by atoms with Crippen molar-refractivity contribution < 1.29 is 0 Å². The zero-order valence-corrected chi connectivity index (χ0v) is 14.1. The van der Waals surface area contributed by atoms with E-state index in [2.05, 4.69) is 69.3 Å². The van der Waals surface area contributed by atoms with E-state index in [1.54, 1.807) is 0 Å². The second-order valence-electron chi connectivity index (χ2n) is 5.85. The van der Waals surface area contributed by atoms with Crippen molar-refractivity contribution in [2.45, 2.75) is 12.5 Å². The number of para-hydroxylation sites is 1. The molecule has 0 saturated carbocycles. The van der Waals surface area contributed by atoms with Crippen LogP contribution in [-0.2, 0) is 6.54 Å². The Morgan fingerprint density at radius 1 is 1.08 bits per heavy atom. The van der Waals surface area contributed by atoms with Gasteiger partial charge in [-0.25, -0.2) is 0 Å². The lowest BCUT2D eigenvalue weighted by atomic mass is 9.96. The third-order valence-corrected chi connectivity index (χ3v) is 5.27. The lowest BCUT2D eigenvalue weighted by Gasteiger charge is -2.16. The summed E-state index contributed by atoms with van der Waals surface area (Å²) in [6, 6.07) is 16.9. The van der Waals surface area contributed by atoms with Crippen molar-refractivity contribution in [3.05, 3.63) is 88.5 Å². The zero-order valence-electron chi connectivity index (χ0n) is 13.3. The Morgan fingerprint density at radius 3 is 2.88 bits per heavy atom. The molecule has 4 aromatic rings. The molecule has 1 aromatic carbocycles. The predicted octanol–water partition coefficient (Wildman–Crippen LogP) is 4.55. The first-order valence-electron chi connectivity index (χ1n) is 8.11. The Balaban J connectivity index is 1.58. The summed E-state index contributed by atoms with van der Waals surface area (Å²) in [5, 5.41) is 7.05. The quantitative estimate of drug-likeness (QED) is 0.543. The summed E-state index contributed by atoms with van der Waals surface area (Å²) in [5.41, 5.74) is 3.76. The molecule has 120 valence electrons. The lowest BCUT2D eigenvalue weighted by Crippen LogP contribution is -2.21. The van der Waals surface area contributed by atoms with Crippen LogP contribution in [0.4, 0.5) is 0 Å². The van der Waals surface area contributed by atoms with Gasteiger partial charge >= 0.3 is 0 Å². The van der Waals surface area contributed by atoms with Crippen molar-refractivity contribution in [3.8, 4) is 0 Å². The van der Waals surface area contributed by atoms with Gasteiger partial charge in [0.2, 0.25) is 0 Å². The minimum Gasteiger partial charge on any atom is -0.361 e. The summed E-state index contributed by atoms with van der Waals surface area (Å²) >= 11 is 1.82. The predicted molar refractivity (Wildman–Crippen MR) is 100 cm³/mol. The molecule has 0 saturated heterocycles. The Labute approximate surface area is 145 Å². The molecule has 1 atom stereocenters. The highest BCUT2D eigenvalue weighted by molar-refractivity contribution is 7.10. The molecule has 0 radical (unpaired) electrons. The van der Waals surface area contributed by atoms with E-state index in [9.17, 15) is 0 Å². The number of rotatable bonds is 6. The normalized spacial score (nSPS) is 12.5. The summed E-state index contributed by atoms with van der Waals surface area (Å²) in [5.74, 6) is 0.345. The number of nitrogens with zero attached hydrogens (tertiary/aromatic N) is 1. The van der Waals surface area contributed by atoms with Gasteiger partial charge < -0.3 is 10.3 Å². The Morgan fingerprint density at radius 2 is 2.04 bits per heavy atom. The molecule has 2 N–H and O–H groups in total. The second kappa shape index (κ2) is 6.99. The van der Waals surface area contributed by atoms with Gasteiger partial charge in [-0.3, -0.25) is 4.98 Å². The maximum Gasteiger partial charge on any atom is 0.0457 e. The van der Waals surface area contributed by atoms with Gasteiger partial charge in [0.05, 0.1) is 0 Å². The molecule has 0 aliphatic carbocycles. The van der Waals surface area contributed by atoms with Crippen molar-refractivity contribution in [2.24, 2.45) is 0 Å². The molecule has 0 bridgehead atoms. The fraction of sp³-hybridized carbons (Fsp3) is 0.150. The first kappa shape index (κ1) is 15.1. The van der Waals surface area contributed by atoms with Crippen molar-refractivity contribution in [1.82, 2.24) is 15.3 Å². The minimum absolute atomic E-state index is 0.345. The van der Waals surface area contributed by atoms with E-state index in [1.165, 1.54) is 26.9 Å². The number of benzene rings is 1. The molecule has 0 spiro atoms. The fourth-order valence-corrected chi connectivity index (χ4v) is 3.95. The smallest absolute Gasteiger partial charge is 0.0457 e. The average Bonchev–Trinajstić information content (AvgIpc) is 3.30. The molecular weight excluding hydrogens is 314 g/mol. The molecule has 24 heavy (non-hydrogen) atoms. The van der Waals surface area contributed by atoms with Crippen LogP contribution < -0.4 is 5.32 Å². The van der Waals surface area contributed by atoms with Gasteiger partial charge in [0.1, 0.15) is 0 Å². The van der Waals surface area contributed by atoms with E-state index in [-0.39, 0.29) is 0 Å². The van der Waals surface area contributed by atoms with E-state index in [0.29, 0.717) is 5.92 Å². The molecular formula is C20H19N3S. The van der Waals surface area contributed by atoms with E-state index in [0.717, 1.165) is 13.1 Å². The van der Waals surface area contributed by atoms with Crippen molar-refractivity contribution in [3.63, 3.8) is 0 Å². The van der Waals surface area contributed by atoms with Crippen molar-refractivity contribution >= 4 is 22.2 Å². The standard InChI is InChI=1S/C20H19N3S/c1-2-7-19-16(6-1)17(14-23-19)18(20-8-4-10-24-20)13-22-12-15-5-3-9-21-11-15/h1-11,14,18,22-23H,12-13H2. The summed E-state index contributed by atoms with van der Waals surface area (Å²) < 4.78 is 0. The van der Waals surface area contributed by atoms with Crippen LogP contribution in [0.25, 0.3) is 10.9 Å². The Bertz CT molecular complexity index is 897. The van der Waals surface area contributed by atoms with Gasteiger partial charge in [-0.05, 0) is 34.7 Å². The summed E-state index contributed by atoms with van der Waals surface area (Å²) in [6.07, 6.45) is 5.88. The largest absolute Gasteiger partial charge is 0.361 e. The highest BCUT2D eigenvalue weighted by atomic mass is 32.1. The number of aromatic amines is 1. The van der Waals surface area contributed by atoms with E-state index >= 15 is 0 Å². The van der Waals surface area contributed by atoms with Gasteiger partial charge in [-0.15, -0.1) is 11.3 Å². The molecule has 3 heterocycles. The summed E-state index contributed by atoms with van der Waals surface area (Å²) in [6.45, 7) is 1.73. The molecule has 0 fully saturated rings. The lowest BCUT2D eigenvalue weighted by molar-refractivity contribution is 0.642. The zero-order chi connectivity index (χ0) is 16.2. The number of hydrogen-bond acceptors (Lipinski definition) is 3. The van der Waals surface area contributed by atoms with Crippen LogP contribution in [0, 0.1) is 0 Å². The van der Waals surface area contributed by atoms with Crippen LogP contribution in [0.1, 0.15) is 21.9 Å². The number of aromatic nitrogens is 2. The first-order valence-corrected chi connectivity index (χ1v) is 8.99. The third kappa shape index (κ3) is 3.11. The fourth-order valence-electron chi connectivity index (χ4n) is 3.10. The van der Waals surface area contributed by atoms with Crippen LogP contribution in [0.3, 0.4) is 0 Å². The Hall–Kier alpha value is -2.43.